The number of esters is 1. The molecule has 5 saturated carbocycles. The first kappa shape index (κ1) is 34.8. The fourth-order valence-electron chi connectivity index (χ4n) is 13.2. The molecular formula is C41H62N4O5. The van der Waals surface area contributed by atoms with Crippen molar-refractivity contribution >= 4 is 12.0 Å². The largest absolute Gasteiger partial charge is 0.459 e. The van der Waals surface area contributed by atoms with Gasteiger partial charge in [0.1, 0.15) is 6.61 Å². The molecule has 0 radical (unpaired) electrons. The minimum Gasteiger partial charge on any atom is -0.459 e. The predicted octanol–water partition coefficient (Wildman–Crippen LogP) is 7.79. The highest BCUT2D eigenvalue weighted by Gasteiger charge is 2.69. The zero-order chi connectivity index (χ0) is 34.7. The van der Waals surface area contributed by atoms with Crippen molar-refractivity contribution in [3.63, 3.8) is 0 Å². The number of amides is 2. The normalized spacial score (nSPS) is 44.0. The van der Waals surface area contributed by atoms with Gasteiger partial charge in [0.25, 0.3) is 0 Å². The molecule has 2 amide bonds. The molecule has 2 saturated heterocycles. The van der Waals surface area contributed by atoms with Gasteiger partial charge in [-0.15, -0.1) is 0 Å². The molecule has 0 aromatic carbocycles. The number of fused-ring (bicyclic) bond motifs is 7. The van der Waals surface area contributed by atoms with E-state index in [1.54, 1.807) is 0 Å². The average molecular weight is 691 g/mol. The molecule has 7 aliphatic rings. The summed E-state index contributed by atoms with van der Waals surface area (Å²) in [5, 5.41) is 3.51. The highest BCUT2D eigenvalue weighted by atomic mass is 16.7. The second kappa shape index (κ2) is 13.6. The van der Waals surface area contributed by atoms with E-state index in [0.717, 1.165) is 69.3 Å². The summed E-state index contributed by atoms with van der Waals surface area (Å²) >= 11 is 0. The molecule has 8 rings (SSSR count). The molecule has 9 heteroatoms. The van der Waals surface area contributed by atoms with Crippen molar-refractivity contribution in [1.29, 1.82) is 0 Å². The molecule has 1 aromatic heterocycles. The van der Waals surface area contributed by atoms with Crippen LogP contribution in [0.5, 0.6) is 0 Å². The molecule has 1 unspecified atom stereocenters. The third-order valence-electron chi connectivity index (χ3n) is 15.9. The van der Waals surface area contributed by atoms with Crippen LogP contribution in [0.15, 0.2) is 18.6 Å². The molecule has 1 N–H and O–H groups in total. The van der Waals surface area contributed by atoms with Crippen LogP contribution < -0.4 is 5.32 Å². The number of urea groups is 1. The molecule has 276 valence electrons. The molecule has 50 heavy (non-hydrogen) atoms. The van der Waals surface area contributed by atoms with Crippen LogP contribution in [0.1, 0.15) is 134 Å². The lowest BCUT2D eigenvalue weighted by Gasteiger charge is -2.61. The third-order valence-corrected chi connectivity index (χ3v) is 15.9. The summed E-state index contributed by atoms with van der Waals surface area (Å²) in [4.78, 5) is 36.5. The van der Waals surface area contributed by atoms with Gasteiger partial charge in [0.05, 0.1) is 25.5 Å². The lowest BCUT2D eigenvalue weighted by Crippen LogP contribution is -2.57. The van der Waals surface area contributed by atoms with Crippen molar-refractivity contribution in [3.8, 4) is 0 Å². The standard InChI is InChI=1S/C41H62N4O5/c1-26-12-17-41(49-25-26)27(2)36-35(50-41)23-33-31-11-10-28-22-29(13-15-39(28,3)32(31)14-16-40(33,36)4)44-38(47)45(30-8-6-5-7-9-30)20-21-48-37(46)34-24-42-18-19-43-34/h18-19,24,26-33,35-36H,5-17,20-23,25H2,1-4H3,(H,44,47)/t26-,27-,28+,29+,31+,32-,33-,35-,36?,39-,40-,41+/m0/s1. The highest BCUT2D eigenvalue weighted by Crippen LogP contribution is 2.71. The Hall–Kier alpha value is -2.26. The summed E-state index contributed by atoms with van der Waals surface area (Å²) in [7, 11) is 0. The van der Waals surface area contributed by atoms with Crippen LogP contribution in [0, 0.1) is 52.3 Å². The lowest BCUT2D eigenvalue weighted by molar-refractivity contribution is -0.273. The topological polar surface area (TPSA) is 103 Å². The molecule has 3 heterocycles. The van der Waals surface area contributed by atoms with Gasteiger partial charge in [-0.1, -0.05) is 47.0 Å². The Morgan fingerprint density at radius 2 is 1.76 bits per heavy atom. The van der Waals surface area contributed by atoms with Crippen LogP contribution in [0.25, 0.3) is 0 Å². The van der Waals surface area contributed by atoms with Gasteiger partial charge >= 0.3 is 12.0 Å². The van der Waals surface area contributed by atoms with Gasteiger partial charge in [-0.05, 0) is 117 Å². The number of rotatable bonds is 6. The van der Waals surface area contributed by atoms with E-state index in [0.29, 0.717) is 47.2 Å². The first-order chi connectivity index (χ1) is 24.1. The van der Waals surface area contributed by atoms with E-state index in [-0.39, 0.29) is 36.2 Å². The summed E-state index contributed by atoms with van der Waals surface area (Å²) in [6.45, 7) is 11.4. The molecule has 5 aliphatic carbocycles. The van der Waals surface area contributed by atoms with Crippen molar-refractivity contribution in [2.45, 2.75) is 148 Å². The maximum Gasteiger partial charge on any atom is 0.358 e. The average Bonchev–Trinajstić information content (AvgIpc) is 3.57. The number of ether oxygens (including phenoxy) is 3. The SMILES string of the molecule is C[C@H]1CC[C@@]2(OC1)O[C@H]1C[C@H]3[C@@H]4CC[C@@H]5C[C@H](NC(=O)N(CCOC(=O)c6cnccn6)C6CCCCC6)CC[C@]5(C)[C@H]4CC[C@]3(C)C1[C@@H]2C. The van der Waals surface area contributed by atoms with Crippen molar-refractivity contribution < 1.29 is 23.8 Å². The molecular weight excluding hydrogens is 628 g/mol. The zero-order valence-electron chi connectivity index (χ0n) is 31.1. The molecule has 7 fully saturated rings. The Morgan fingerprint density at radius 1 is 0.940 bits per heavy atom. The van der Waals surface area contributed by atoms with Crippen LogP contribution in [-0.4, -0.2) is 70.6 Å². The molecule has 1 aromatic rings. The van der Waals surface area contributed by atoms with E-state index in [4.69, 9.17) is 14.2 Å². The molecule has 1 spiro atoms. The molecule has 12 atom stereocenters. The van der Waals surface area contributed by atoms with Gasteiger partial charge in [0, 0.05) is 36.8 Å². The second-order valence-electron chi connectivity index (χ2n) is 18.3. The quantitative estimate of drug-likeness (QED) is 0.304. The lowest BCUT2D eigenvalue weighted by atomic mass is 9.44. The first-order valence-corrected chi connectivity index (χ1v) is 20.4. The van der Waals surface area contributed by atoms with E-state index < -0.39 is 5.97 Å². The van der Waals surface area contributed by atoms with Gasteiger partial charge < -0.3 is 24.4 Å². The van der Waals surface area contributed by atoms with Crippen molar-refractivity contribution in [2.24, 2.45) is 52.3 Å². The van der Waals surface area contributed by atoms with Gasteiger partial charge in [-0.3, -0.25) is 4.98 Å². The Kier molecular flexibility index (Phi) is 9.48. The third kappa shape index (κ3) is 5.98. The van der Waals surface area contributed by atoms with Crippen LogP contribution in [0.4, 0.5) is 4.79 Å². The summed E-state index contributed by atoms with van der Waals surface area (Å²) < 4.78 is 19.1. The van der Waals surface area contributed by atoms with Gasteiger partial charge in [0.2, 0.25) is 0 Å². The summed E-state index contributed by atoms with van der Waals surface area (Å²) in [5.41, 5.74) is 0.887. The minimum absolute atomic E-state index is 0.0176. The monoisotopic (exact) mass is 690 g/mol. The summed E-state index contributed by atoms with van der Waals surface area (Å²) in [6, 6.07) is 0.415. The Labute approximate surface area is 299 Å². The Balaban J connectivity index is 0.893. The zero-order valence-corrected chi connectivity index (χ0v) is 31.1. The number of hydrogen-bond acceptors (Lipinski definition) is 7. The smallest absolute Gasteiger partial charge is 0.358 e. The fraction of sp³-hybridized carbons (Fsp3) is 0.854. The van der Waals surface area contributed by atoms with Gasteiger partial charge in [0.15, 0.2) is 11.5 Å². The second-order valence-corrected chi connectivity index (χ2v) is 18.3. The fourth-order valence-corrected chi connectivity index (χ4v) is 13.2. The van der Waals surface area contributed by atoms with Crippen LogP contribution in [0.2, 0.25) is 0 Å². The maximum absolute atomic E-state index is 14.0. The molecule has 9 nitrogen and oxygen atoms in total. The van der Waals surface area contributed by atoms with E-state index >= 15 is 0 Å². The maximum atomic E-state index is 14.0. The molecule has 0 bridgehead atoms. The minimum atomic E-state index is -0.494. The van der Waals surface area contributed by atoms with Gasteiger partial charge in [-0.25, -0.2) is 14.6 Å². The summed E-state index contributed by atoms with van der Waals surface area (Å²) in [6.07, 6.45) is 22.4. The number of carbonyl (C=O) groups is 2. The van der Waals surface area contributed by atoms with Crippen molar-refractivity contribution in [2.75, 3.05) is 19.8 Å². The Bertz CT molecular complexity index is 1380. The van der Waals surface area contributed by atoms with E-state index in [1.807, 2.05) is 4.90 Å². The van der Waals surface area contributed by atoms with Crippen LogP contribution >= 0.6 is 0 Å². The number of nitrogens with one attached hydrogen (secondary N) is 1. The molecule has 2 aliphatic heterocycles. The van der Waals surface area contributed by atoms with Crippen LogP contribution in [-0.2, 0) is 14.2 Å². The number of nitrogens with zero attached hydrogens (tertiary/aromatic N) is 3. The number of hydrogen-bond donors (Lipinski definition) is 1. The van der Waals surface area contributed by atoms with Gasteiger partial charge in [-0.2, -0.15) is 0 Å². The van der Waals surface area contributed by atoms with E-state index in [2.05, 4.69) is 43.0 Å². The van der Waals surface area contributed by atoms with Crippen LogP contribution in [0.3, 0.4) is 0 Å². The van der Waals surface area contributed by atoms with E-state index in [1.165, 1.54) is 70.0 Å². The first-order valence-electron chi connectivity index (χ1n) is 20.4. The highest BCUT2D eigenvalue weighted by molar-refractivity contribution is 5.86. The summed E-state index contributed by atoms with van der Waals surface area (Å²) in [5.74, 6) is 3.85. The van der Waals surface area contributed by atoms with Crippen molar-refractivity contribution in [1.82, 2.24) is 20.2 Å². The number of carbonyl (C=O) groups excluding carboxylic acids is 2. The predicted molar refractivity (Wildman–Crippen MR) is 190 cm³/mol. The number of aromatic nitrogens is 2. The Morgan fingerprint density at radius 3 is 2.52 bits per heavy atom. The van der Waals surface area contributed by atoms with Crippen molar-refractivity contribution in [3.05, 3.63) is 24.3 Å². The van der Waals surface area contributed by atoms with E-state index in [9.17, 15) is 9.59 Å².